The predicted octanol–water partition coefficient (Wildman–Crippen LogP) is 5.00. The number of amides is 2. The van der Waals surface area contributed by atoms with Gasteiger partial charge in [0.1, 0.15) is 0 Å². The molecule has 25 heavy (non-hydrogen) atoms. The van der Waals surface area contributed by atoms with Crippen LogP contribution in [-0.4, -0.2) is 30.3 Å². The monoisotopic (exact) mass is 384 g/mol. The fourth-order valence-electron chi connectivity index (χ4n) is 3.25. The van der Waals surface area contributed by atoms with Crippen LogP contribution in [0.5, 0.6) is 0 Å². The minimum absolute atomic E-state index is 0.0423. The van der Waals surface area contributed by atoms with Crippen molar-refractivity contribution >= 4 is 40.7 Å². The Balaban J connectivity index is 1.86. The van der Waals surface area contributed by atoms with E-state index >= 15 is 0 Å². The number of carbonyl (C=O) groups excluding carboxylic acids is 2. The molecule has 0 bridgehead atoms. The number of carbonyl (C=O) groups is 2. The number of benzene rings is 1. The summed E-state index contributed by atoms with van der Waals surface area (Å²) in [6.07, 6.45) is 5.08. The zero-order chi connectivity index (χ0) is 18.4. The molecule has 1 aromatic carbocycles. The van der Waals surface area contributed by atoms with Crippen LogP contribution in [0.25, 0.3) is 0 Å². The Labute approximate surface area is 159 Å². The molecule has 1 aromatic rings. The number of rotatable bonds is 6. The molecular weight excluding hydrogens is 359 g/mol. The number of anilines is 1. The van der Waals surface area contributed by atoms with E-state index in [0.717, 1.165) is 45.1 Å². The SMILES string of the molecule is CCCCN(C)C(=O)C1CCC(C(=O)Nc2cccc(Cl)c2Cl)CC1. The Morgan fingerprint density at radius 1 is 1.16 bits per heavy atom. The highest BCUT2D eigenvalue weighted by molar-refractivity contribution is 6.44. The summed E-state index contributed by atoms with van der Waals surface area (Å²) in [5.74, 6) is 0.125. The first-order valence-corrected chi connectivity index (χ1v) is 9.69. The molecular formula is C19H26Cl2N2O2. The molecule has 0 radical (unpaired) electrons. The van der Waals surface area contributed by atoms with Gasteiger partial charge in [0, 0.05) is 25.4 Å². The van der Waals surface area contributed by atoms with Gasteiger partial charge >= 0.3 is 0 Å². The normalized spacial score (nSPS) is 20.2. The van der Waals surface area contributed by atoms with Gasteiger partial charge in [0.15, 0.2) is 0 Å². The average molecular weight is 385 g/mol. The molecule has 138 valence electrons. The number of nitrogens with one attached hydrogen (secondary N) is 1. The lowest BCUT2D eigenvalue weighted by atomic mass is 9.81. The van der Waals surface area contributed by atoms with E-state index in [0.29, 0.717) is 15.7 Å². The van der Waals surface area contributed by atoms with Crippen molar-refractivity contribution < 1.29 is 9.59 Å². The minimum Gasteiger partial charge on any atom is -0.346 e. The summed E-state index contributed by atoms with van der Waals surface area (Å²) in [6.45, 7) is 2.93. The van der Waals surface area contributed by atoms with Crippen LogP contribution in [0, 0.1) is 11.8 Å². The maximum atomic E-state index is 12.5. The third-order valence-electron chi connectivity index (χ3n) is 4.88. The number of hydrogen-bond acceptors (Lipinski definition) is 2. The number of hydrogen-bond donors (Lipinski definition) is 1. The van der Waals surface area contributed by atoms with Gasteiger partial charge in [0.25, 0.3) is 0 Å². The van der Waals surface area contributed by atoms with Crippen molar-refractivity contribution in [2.75, 3.05) is 18.9 Å². The summed E-state index contributed by atoms with van der Waals surface area (Å²) in [6, 6.07) is 5.18. The molecule has 1 N–H and O–H groups in total. The Bertz CT molecular complexity index is 613. The molecule has 1 aliphatic carbocycles. The van der Waals surface area contributed by atoms with Gasteiger partial charge in [-0.25, -0.2) is 0 Å². The Hall–Kier alpha value is -1.26. The highest BCUT2D eigenvalue weighted by Gasteiger charge is 2.31. The molecule has 0 aliphatic heterocycles. The van der Waals surface area contributed by atoms with E-state index < -0.39 is 0 Å². The lowest BCUT2D eigenvalue weighted by molar-refractivity contribution is -0.136. The maximum absolute atomic E-state index is 12.5. The van der Waals surface area contributed by atoms with Crippen LogP contribution in [0.2, 0.25) is 10.0 Å². The smallest absolute Gasteiger partial charge is 0.227 e. The molecule has 0 atom stereocenters. The quantitative estimate of drug-likeness (QED) is 0.750. The lowest BCUT2D eigenvalue weighted by Gasteiger charge is -2.30. The number of halogens is 2. The first-order chi connectivity index (χ1) is 11.9. The zero-order valence-electron chi connectivity index (χ0n) is 14.9. The summed E-state index contributed by atoms with van der Waals surface area (Å²) in [5, 5.41) is 3.65. The van der Waals surface area contributed by atoms with E-state index in [1.165, 1.54) is 0 Å². The van der Waals surface area contributed by atoms with Crippen molar-refractivity contribution in [1.82, 2.24) is 4.90 Å². The van der Waals surface area contributed by atoms with Gasteiger partial charge in [0.05, 0.1) is 15.7 Å². The first-order valence-electron chi connectivity index (χ1n) is 8.93. The van der Waals surface area contributed by atoms with Crippen LogP contribution in [0.15, 0.2) is 18.2 Å². The van der Waals surface area contributed by atoms with E-state index in [9.17, 15) is 9.59 Å². The molecule has 2 rings (SSSR count). The summed E-state index contributed by atoms with van der Waals surface area (Å²) in [7, 11) is 1.87. The number of nitrogens with zero attached hydrogens (tertiary/aromatic N) is 1. The largest absolute Gasteiger partial charge is 0.346 e. The van der Waals surface area contributed by atoms with E-state index in [-0.39, 0.29) is 23.7 Å². The summed E-state index contributed by atoms with van der Waals surface area (Å²) < 4.78 is 0. The van der Waals surface area contributed by atoms with Crippen LogP contribution >= 0.6 is 23.2 Å². The third-order valence-corrected chi connectivity index (χ3v) is 5.70. The van der Waals surface area contributed by atoms with Crippen molar-refractivity contribution in [3.8, 4) is 0 Å². The molecule has 1 fully saturated rings. The molecule has 2 amide bonds. The topological polar surface area (TPSA) is 49.4 Å². The molecule has 0 heterocycles. The highest BCUT2D eigenvalue weighted by Crippen LogP contribution is 2.33. The fraction of sp³-hybridized carbons (Fsp3) is 0.579. The molecule has 6 heteroatoms. The standard InChI is InChI=1S/C19H26Cl2N2O2/c1-3-4-12-23(2)19(25)14-10-8-13(9-11-14)18(24)22-16-7-5-6-15(20)17(16)21/h5-7,13-14H,3-4,8-12H2,1-2H3,(H,22,24). The fourth-order valence-corrected chi connectivity index (χ4v) is 3.60. The van der Waals surface area contributed by atoms with Crippen molar-refractivity contribution in [3.63, 3.8) is 0 Å². The van der Waals surface area contributed by atoms with Crippen LogP contribution in [0.4, 0.5) is 5.69 Å². The average Bonchev–Trinajstić information content (AvgIpc) is 2.63. The molecule has 0 saturated heterocycles. The summed E-state index contributed by atoms with van der Waals surface area (Å²) in [4.78, 5) is 26.8. The minimum atomic E-state index is -0.0833. The van der Waals surface area contributed by atoms with Crippen LogP contribution < -0.4 is 5.32 Å². The van der Waals surface area contributed by atoms with Gasteiger partial charge < -0.3 is 10.2 Å². The second kappa shape index (κ2) is 9.44. The van der Waals surface area contributed by atoms with Crippen LogP contribution in [0.3, 0.4) is 0 Å². The third kappa shape index (κ3) is 5.35. The second-order valence-electron chi connectivity index (χ2n) is 6.75. The predicted molar refractivity (Wildman–Crippen MR) is 103 cm³/mol. The molecule has 1 saturated carbocycles. The van der Waals surface area contributed by atoms with E-state index in [4.69, 9.17) is 23.2 Å². The molecule has 4 nitrogen and oxygen atoms in total. The van der Waals surface area contributed by atoms with E-state index in [1.54, 1.807) is 18.2 Å². The van der Waals surface area contributed by atoms with Crippen molar-refractivity contribution in [2.45, 2.75) is 45.4 Å². The Kier molecular flexibility index (Phi) is 7.57. The van der Waals surface area contributed by atoms with Gasteiger partial charge in [-0.15, -0.1) is 0 Å². The molecule has 0 aromatic heterocycles. The van der Waals surface area contributed by atoms with Gasteiger partial charge in [-0.05, 0) is 44.2 Å². The van der Waals surface area contributed by atoms with E-state index in [1.807, 2.05) is 11.9 Å². The van der Waals surface area contributed by atoms with Gasteiger partial charge in [-0.3, -0.25) is 9.59 Å². The Morgan fingerprint density at radius 3 is 2.44 bits per heavy atom. The van der Waals surface area contributed by atoms with Crippen LogP contribution in [0.1, 0.15) is 45.4 Å². The number of unbranched alkanes of at least 4 members (excludes halogenated alkanes) is 1. The summed E-state index contributed by atoms with van der Waals surface area (Å²) in [5.41, 5.74) is 0.539. The summed E-state index contributed by atoms with van der Waals surface area (Å²) >= 11 is 12.1. The van der Waals surface area contributed by atoms with E-state index in [2.05, 4.69) is 12.2 Å². The highest BCUT2D eigenvalue weighted by atomic mass is 35.5. The zero-order valence-corrected chi connectivity index (χ0v) is 16.4. The van der Waals surface area contributed by atoms with Gasteiger partial charge in [-0.2, -0.15) is 0 Å². The molecule has 0 spiro atoms. The maximum Gasteiger partial charge on any atom is 0.227 e. The van der Waals surface area contributed by atoms with Gasteiger partial charge in [-0.1, -0.05) is 42.6 Å². The van der Waals surface area contributed by atoms with Crippen molar-refractivity contribution in [2.24, 2.45) is 11.8 Å². The van der Waals surface area contributed by atoms with Crippen molar-refractivity contribution in [1.29, 1.82) is 0 Å². The first kappa shape index (κ1) is 20.1. The second-order valence-corrected chi connectivity index (χ2v) is 7.54. The molecule has 0 unspecified atom stereocenters. The van der Waals surface area contributed by atoms with Gasteiger partial charge in [0.2, 0.25) is 11.8 Å². The van der Waals surface area contributed by atoms with Crippen molar-refractivity contribution in [3.05, 3.63) is 28.2 Å². The lowest BCUT2D eigenvalue weighted by Crippen LogP contribution is -2.37. The van der Waals surface area contributed by atoms with Crippen LogP contribution in [-0.2, 0) is 9.59 Å². The molecule has 1 aliphatic rings. The Morgan fingerprint density at radius 2 is 1.80 bits per heavy atom.